The van der Waals surface area contributed by atoms with E-state index in [2.05, 4.69) is 10.6 Å². The van der Waals surface area contributed by atoms with Gasteiger partial charge >= 0.3 is 11.8 Å². The van der Waals surface area contributed by atoms with E-state index in [-0.39, 0.29) is 12.2 Å². The molecule has 1 heterocycles. The minimum Gasteiger partial charge on any atom is -0.376 e. The van der Waals surface area contributed by atoms with Gasteiger partial charge in [0, 0.05) is 25.1 Å². The summed E-state index contributed by atoms with van der Waals surface area (Å²) in [6.45, 7) is 0.284. The normalized spacial score (nSPS) is 21.0. The number of hydrogen-bond donors (Lipinski definition) is 2. The highest BCUT2D eigenvalue weighted by atomic mass is 32.2. The van der Waals surface area contributed by atoms with Gasteiger partial charge in [-0.3, -0.25) is 9.59 Å². The van der Waals surface area contributed by atoms with Crippen LogP contribution in [-0.2, 0) is 14.3 Å². The van der Waals surface area contributed by atoms with Crippen molar-refractivity contribution in [2.24, 2.45) is 0 Å². The molecule has 0 aromatic heterocycles. The maximum Gasteiger partial charge on any atom is 0.313 e. The Morgan fingerprint density at radius 2 is 2.24 bits per heavy atom. The monoisotopic (exact) mass is 312 g/mol. The number of anilines is 1. The summed E-state index contributed by atoms with van der Waals surface area (Å²) in [7, 11) is 1.60. The van der Waals surface area contributed by atoms with Gasteiger partial charge < -0.3 is 15.4 Å². The summed E-state index contributed by atoms with van der Waals surface area (Å²) in [5, 5.41) is 4.92. The number of carbonyl (C=O) groups excluding carboxylic acids is 2. The Bertz CT molecular complexity index is 533. The quantitative estimate of drug-likeness (QED) is 0.825. The van der Waals surface area contributed by atoms with Crippen molar-refractivity contribution in [2.75, 3.05) is 30.5 Å². The van der Waals surface area contributed by atoms with Crippen molar-refractivity contribution in [3.8, 4) is 0 Å². The zero-order valence-corrected chi connectivity index (χ0v) is 12.5. The molecule has 21 heavy (non-hydrogen) atoms. The van der Waals surface area contributed by atoms with Crippen LogP contribution in [-0.4, -0.2) is 42.6 Å². The molecule has 0 aliphatic carbocycles. The second-order valence-corrected chi connectivity index (χ2v) is 5.94. The fourth-order valence-corrected chi connectivity index (χ4v) is 3.43. The Morgan fingerprint density at radius 3 is 2.86 bits per heavy atom. The molecular weight excluding hydrogens is 295 g/mol. The van der Waals surface area contributed by atoms with Crippen molar-refractivity contribution in [2.45, 2.75) is 12.0 Å². The molecule has 1 fully saturated rings. The molecular formula is C14H17FN2O3S. The van der Waals surface area contributed by atoms with Crippen LogP contribution in [0, 0.1) is 5.82 Å². The summed E-state index contributed by atoms with van der Waals surface area (Å²) in [5.41, 5.74) is -0.160. The molecule has 7 heteroatoms. The Morgan fingerprint density at radius 1 is 1.43 bits per heavy atom. The Labute approximate surface area is 126 Å². The molecule has 0 radical (unpaired) electrons. The minimum atomic E-state index is -0.822. The minimum absolute atomic E-state index is 0.244. The Balaban J connectivity index is 1.86. The SMILES string of the molecule is COC1(CNC(=O)C(=O)Nc2cccc(F)c2)CCSC1. The molecule has 114 valence electrons. The van der Waals surface area contributed by atoms with Gasteiger partial charge in [-0.1, -0.05) is 6.07 Å². The van der Waals surface area contributed by atoms with Crippen LogP contribution in [0.4, 0.5) is 10.1 Å². The molecule has 1 aromatic carbocycles. The van der Waals surface area contributed by atoms with Crippen LogP contribution < -0.4 is 10.6 Å². The van der Waals surface area contributed by atoms with Gasteiger partial charge in [-0.2, -0.15) is 11.8 Å². The lowest BCUT2D eigenvalue weighted by molar-refractivity contribution is -0.136. The van der Waals surface area contributed by atoms with Crippen molar-refractivity contribution < 1.29 is 18.7 Å². The number of carbonyl (C=O) groups is 2. The molecule has 0 saturated carbocycles. The molecule has 1 unspecified atom stereocenters. The number of thioether (sulfide) groups is 1. The average Bonchev–Trinajstić information content (AvgIpc) is 2.94. The zero-order valence-electron chi connectivity index (χ0n) is 11.6. The van der Waals surface area contributed by atoms with Crippen molar-refractivity contribution in [3.05, 3.63) is 30.1 Å². The van der Waals surface area contributed by atoms with Crippen molar-refractivity contribution in [1.29, 1.82) is 0 Å². The third kappa shape index (κ3) is 4.18. The molecule has 0 bridgehead atoms. The van der Waals surface area contributed by atoms with Gasteiger partial charge in [0.2, 0.25) is 0 Å². The molecule has 1 atom stereocenters. The summed E-state index contributed by atoms with van der Waals surface area (Å²) >= 11 is 1.75. The summed E-state index contributed by atoms with van der Waals surface area (Å²) in [5.74, 6) is -0.297. The summed E-state index contributed by atoms with van der Waals surface area (Å²) in [6, 6.07) is 5.38. The highest BCUT2D eigenvalue weighted by molar-refractivity contribution is 7.99. The van der Waals surface area contributed by atoms with E-state index >= 15 is 0 Å². The van der Waals surface area contributed by atoms with Gasteiger partial charge in [-0.15, -0.1) is 0 Å². The molecule has 1 aliphatic rings. The maximum absolute atomic E-state index is 13.0. The van der Waals surface area contributed by atoms with E-state index in [1.807, 2.05) is 0 Å². The van der Waals surface area contributed by atoms with Crippen LogP contribution in [0.15, 0.2) is 24.3 Å². The summed E-state index contributed by atoms with van der Waals surface area (Å²) in [6.07, 6.45) is 0.833. The van der Waals surface area contributed by atoms with Gasteiger partial charge in [0.25, 0.3) is 0 Å². The van der Waals surface area contributed by atoms with Gasteiger partial charge in [-0.05, 0) is 30.4 Å². The molecule has 0 spiro atoms. The van der Waals surface area contributed by atoms with E-state index in [1.165, 1.54) is 18.2 Å². The van der Waals surface area contributed by atoms with Crippen molar-refractivity contribution in [1.82, 2.24) is 5.32 Å². The van der Waals surface area contributed by atoms with Crippen molar-refractivity contribution >= 4 is 29.3 Å². The van der Waals surface area contributed by atoms with Gasteiger partial charge in [-0.25, -0.2) is 4.39 Å². The first-order valence-electron chi connectivity index (χ1n) is 6.52. The number of halogens is 1. The first kappa shape index (κ1) is 15.8. The molecule has 2 N–H and O–H groups in total. The number of benzene rings is 1. The fourth-order valence-electron chi connectivity index (χ4n) is 2.04. The molecule has 1 aromatic rings. The lowest BCUT2D eigenvalue weighted by Crippen LogP contribution is -2.47. The average molecular weight is 312 g/mol. The third-order valence-corrected chi connectivity index (χ3v) is 4.58. The first-order valence-corrected chi connectivity index (χ1v) is 7.68. The summed E-state index contributed by atoms with van der Waals surface area (Å²) in [4.78, 5) is 23.5. The predicted octanol–water partition coefficient (Wildman–Crippen LogP) is 1.40. The van der Waals surface area contributed by atoms with Gasteiger partial charge in [0.1, 0.15) is 5.82 Å². The molecule has 5 nitrogen and oxygen atoms in total. The number of nitrogens with one attached hydrogen (secondary N) is 2. The molecule has 1 saturated heterocycles. The van der Waals surface area contributed by atoms with Gasteiger partial charge in [0.15, 0.2) is 0 Å². The number of methoxy groups -OCH3 is 1. The van der Waals surface area contributed by atoms with E-state index in [0.29, 0.717) is 0 Å². The van der Waals surface area contributed by atoms with Crippen LogP contribution in [0.5, 0.6) is 0 Å². The smallest absolute Gasteiger partial charge is 0.313 e. The molecule has 2 amide bonds. The standard InChI is InChI=1S/C14H17FN2O3S/c1-20-14(5-6-21-9-14)8-16-12(18)13(19)17-11-4-2-3-10(15)7-11/h2-4,7H,5-6,8-9H2,1H3,(H,16,18)(H,17,19). The van der Waals surface area contributed by atoms with E-state index in [4.69, 9.17) is 4.74 Å². The fraction of sp³-hybridized carbons (Fsp3) is 0.429. The second-order valence-electron chi connectivity index (χ2n) is 4.84. The number of rotatable bonds is 4. The van der Waals surface area contributed by atoms with Crippen molar-refractivity contribution in [3.63, 3.8) is 0 Å². The third-order valence-electron chi connectivity index (χ3n) is 3.36. The van der Waals surface area contributed by atoms with Gasteiger partial charge in [0.05, 0.1) is 5.60 Å². The Hall–Kier alpha value is -1.60. The maximum atomic E-state index is 13.0. The van der Waals surface area contributed by atoms with E-state index < -0.39 is 23.2 Å². The molecule has 2 rings (SSSR count). The summed E-state index contributed by atoms with van der Waals surface area (Å²) < 4.78 is 18.4. The highest BCUT2D eigenvalue weighted by Crippen LogP contribution is 2.30. The topological polar surface area (TPSA) is 67.4 Å². The highest BCUT2D eigenvalue weighted by Gasteiger charge is 2.35. The largest absolute Gasteiger partial charge is 0.376 e. The number of ether oxygens (including phenoxy) is 1. The van der Waals surface area contributed by atoms with Crippen LogP contribution >= 0.6 is 11.8 Å². The molecule has 1 aliphatic heterocycles. The van der Waals surface area contributed by atoms with E-state index in [9.17, 15) is 14.0 Å². The van der Waals surface area contributed by atoms with E-state index in [0.717, 1.165) is 24.0 Å². The van der Waals surface area contributed by atoms with Crippen LogP contribution in [0.1, 0.15) is 6.42 Å². The second kappa shape index (κ2) is 6.91. The van der Waals surface area contributed by atoms with Crippen LogP contribution in [0.25, 0.3) is 0 Å². The predicted molar refractivity (Wildman–Crippen MR) is 79.7 cm³/mol. The van der Waals surface area contributed by atoms with E-state index in [1.54, 1.807) is 18.9 Å². The first-order chi connectivity index (χ1) is 10.0. The Kier molecular flexibility index (Phi) is 5.19. The zero-order chi connectivity index (χ0) is 15.3. The lowest BCUT2D eigenvalue weighted by atomic mass is 10.0. The number of amides is 2. The van der Waals surface area contributed by atoms with Crippen LogP contribution in [0.2, 0.25) is 0 Å². The lowest BCUT2D eigenvalue weighted by Gasteiger charge is -2.26. The van der Waals surface area contributed by atoms with Crippen LogP contribution in [0.3, 0.4) is 0 Å². The number of hydrogen-bond acceptors (Lipinski definition) is 4.